The van der Waals surface area contributed by atoms with Gasteiger partial charge in [-0.3, -0.25) is 0 Å². The van der Waals surface area contributed by atoms with Gasteiger partial charge in [0.2, 0.25) is 0 Å². The minimum Gasteiger partial charge on any atom is -0.497 e. The maximum atomic E-state index is 12.1. The molecule has 18 heavy (non-hydrogen) atoms. The van der Waals surface area contributed by atoms with E-state index >= 15 is 0 Å². The molecule has 2 aromatic carbocycles. The lowest BCUT2D eigenvalue weighted by molar-refractivity contribution is 0.414. The summed E-state index contributed by atoms with van der Waals surface area (Å²) in [5, 5.41) is 0. The van der Waals surface area contributed by atoms with E-state index in [0.717, 1.165) is 11.3 Å². The van der Waals surface area contributed by atoms with Crippen LogP contribution in [-0.2, 0) is 15.6 Å². The van der Waals surface area contributed by atoms with Crippen LogP contribution in [0.4, 0.5) is 0 Å². The van der Waals surface area contributed by atoms with Crippen molar-refractivity contribution in [3.8, 4) is 5.75 Å². The monoisotopic (exact) mass is 262 g/mol. The molecular weight excluding hydrogens is 248 g/mol. The summed E-state index contributed by atoms with van der Waals surface area (Å²) >= 11 is 0. The first-order valence-corrected chi connectivity index (χ1v) is 7.18. The van der Waals surface area contributed by atoms with E-state index in [9.17, 15) is 8.42 Å². The summed E-state index contributed by atoms with van der Waals surface area (Å²) < 4.78 is 29.3. The molecular formula is C14H14O3S. The number of sulfone groups is 1. The van der Waals surface area contributed by atoms with Crippen LogP contribution in [-0.4, -0.2) is 15.5 Å². The average Bonchev–Trinajstić information content (AvgIpc) is 2.40. The molecule has 0 amide bonds. The number of methoxy groups -OCH3 is 1. The van der Waals surface area contributed by atoms with Gasteiger partial charge in [0, 0.05) is 0 Å². The van der Waals surface area contributed by atoms with Crippen LogP contribution in [0.3, 0.4) is 0 Å². The van der Waals surface area contributed by atoms with E-state index in [4.69, 9.17) is 4.74 Å². The van der Waals surface area contributed by atoms with Gasteiger partial charge in [0.05, 0.1) is 17.8 Å². The van der Waals surface area contributed by atoms with Crippen LogP contribution in [0.25, 0.3) is 0 Å². The van der Waals surface area contributed by atoms with Crippen molar-refractivity contribution >= 4 is 9.84 Å². The molecule has 0 heterocycles. The molecule has 2 rings (SSSR count). The van der Waals surface area contributed by atoms with Crippen molar-refractivity contribution in [1.82, 2.24) is 0 Å². The maximum absolute atomic E-state index is 12.1. The van der Waals surface area contributed by atoms with Crippen molar-refractivity contribution in [1.29, 1.82) is 0 Å². The predicted octanol–water partition coefficient (Wildman–Crippen LogP) is 2.67. The summed E-state index contributed by atoms with van der Waals surface area (Å²) in [4.78, 5) is 0.348. The van der Waals surface area contributed by atoms with Gasteiger partial charge in [0.15, 0.2) is 9.84 Å². The zero-order chi connectivity index (χ0) is 13.0. The summed E-state index contributed by atoms with van der Waals surface area (Å²) in [7, 11) is -1.69. The van der Waals surface area contributed by atoms with Crippen molar-refractivity contribution in [3.63, 3.8) is 0 Å². The van der Waals surface area contributed by atoms with E-state index in [1.54, 1.807) is 61.7 Å². The quantitative estimate of drug-likeness (QED) is 0.850. The third-order valence-electron chi connectivity index (χ3n) is 2.62. The highest BCUT2D eigenvalue weighted by Gasteiger charge is 2.14. The summed E-state index contributed by atoms with van der Waals surface area (Å²) in [5.41, 5.74) is 0.750. The highest BCUT2D eigenvalue weighted by molar-refractivity contribution is 7.90. The van der Waals surface area contributed by atoms with E-state index < -0.39 is 9.84 Å². The molecule has 0 aliphatic heterocycles. The fourth-order valence-electron chi connectivity index (χ4n) is 1.65. The van der Waals surface area contributed by atoms with Crippen molar-refractivity contribution < 1.29 is 13.2 Å². The largest absolute Gasteiger partial charge is 0.497 e. The van der Waals surface area contributed by atoms with Crippen molar-refractivity contribution in [2.24, 2.45) is 0 Å². The van der Waals surface area contributed by atoms with Gasteiger partial charge < -0.3 is 4.74 Å². The molecule has 94 valence electrons. The van der Waals surface area contributed by atoms with Gasteiger partial charge >= 0.3 is 0 Å². The lowest BCUT2D eigenvalue weighted by Crippen LogP contribution is -2.04. The molecule has 4 heteroatoms. The lowest BCUT2D eigenvalue weighted by Gasteiger charge is -2.05. The van der Waals surface area contributed by atoms with Gasteiger partial charge in [-0.1, -0.05) is 30.3 Å². The molecule has 0 bridgehead atoms. The highest BCUT2D eigenvalue weighted by Crippen LogP contribution is 2.18. The van der Waals surface area contributed by atoms with Gasteiger partial charge in [-0.15, -0.1) is 0 Å². The topological polar surface area (TPSA) is 43.4 Å². The van der Waals surface area contributed by atoms with E-state index in [1.807, 2.05) is 0 Å². The molecule has 2 aromatic rings. The Kier molecular flexibility index (Phi) is 3.67. The second-order valence-electron chi connectivity index (χ2n) is 3.92. The normalized spacial score (nSPS) is 11.2. The summed E-state index contributed by atoms with van der Waals surface area (Å²) in [5.74, 6) is 0.719. The molecule has 0 N–H and O–H groups in total. The van der Waals surface area contributed by atoms with Crippen molar-refractivity contribution in [2.45, 2.75) is 10.6 Å². The standard InChI is InChI=1S/C14H14O3S/c1-17-13-9-7-12(8-10-13)11-18(15,16)14-5-3-2-4-6-14/h2-10H,11H2,1H3. The molecule has 0 saturated heterocycles. The molecule has 0 atom stereocenters. The summed E-state index contributed by atoms with van der Waals surface area (Å²) in [6, 6.07) is 15.5. The van der Waals surface area contributed by atoms with Crippen LogP contribution >= 0.6 is 0 Å². The maximum Gasteiger partial charge on any atom is 0.182 e. The Hall–Kier alpha value is -1.81. The second kappa shape index (κ2) is 5.23. The van der Waals surface area contributed by atoms with Crippen LogP contribution in [0, 0.1) is 0 Å². The smallest absolute Gasteiger partial charge is 0.182 e. The summed E-state index contributed by atoms with van der Waals surface area (Å²) in [6.45, 7) is 0. The average molecular weight is 262 g/mol. The Morgan fingerprint density at radius 1 is 0.944 bits per heavy atom. The first kappa shape index (κ1) is 12.6. The van der Waals surface area contributed by atoms with Crippen LogP contribution < -0.4 is 4.74 Å². The molecule has 0 radical (unpaired) electrons. The Balaban J connectivity index is 2.22. The molecule has 0 aliphatic rings. The molecule has 0 saturated carbocycles. The second-order valence-corrected chi connectivity index (χ2v) is 5.91. The predicted molar refractivity (Wildman–Crippen MR) is 70.3 cm³/mol. The zero-order valence-electron chi connectivity index (χ0n) is 10.0. The van der Waals surface area contributed by atoms with E-state index in [0.29, 0.717) is 4.90 Å². The molecule has 0 aromatic heterocycles. The number of rotatable bonds is 4. The number of benzene rings is 2. The van der Waals surface area contributed by atoms with E-state index in [2.05, 4.69) is 0 Å². The number of hydrogen-bond acceptors (Lipinski definition) is 3. The van der Waals surface area contributed by atoms with Crippen LogP contribution in [0.2, 0.25) is 0 Å². The Labute approximate surface area is 107 Å². The number of ether oxygens (including phenoxy) is 1. The SMILES string of the molecule is COc1ccc(CS(=O)(=O)c2ccccc2)cc1. The fourth-order valence-corrected chi connectivity index (χ4v) is 3.02. The molecule has 3 nitrogen and oxygen atoms in total. The molecule has 0 fully saturated rings. The van der Waals surface area contributed by atoms with Gasteiger partial charge in [-0.25, -0.2) is 8.42 Å². The summed E-state index contributed by atoms with van der Waals surface area (Å²) in [6.07, 6.45) is 0. The minimum absolute atomic E-state index is 0.001000. The number of hydrogen-bond donors (Lipinski definition) is 0. The minimum atomic E-state index is -3.27. The lowest BCUT2D eigenvalue weighted by atomic mass is 10.2. The van der Waals surface area contributed by atoms with Gasteiger partial charge in [0.25, 0.3) is 0 Å². The highest BCUT2D eigenvalue weighted by atomic mass is 32.2. The van der Waals surface area contributed by atoms with Gasteiger partial charge in [-0.05, 0) is 29.8 Å². The van der Waals surface area contributed by atoms with Crippen LogP contribution in [0.15, 0.2) is 59.5 Å². The molecule has 0 spiro atoms. The van der Waals surface area contributed by atoms with Crippen molar-refractivity contribution in [2.75, 3.05) is 7.11 Å². The Morgan fingerprint density at radius 2 is 1.56 bits per heavy atom. The third-order valence-corrected chi connectivity index (χ3v) is 4.32. The van der Waals surface area contributed by atoms with E-state index in [1.165, 1.54) is 0 Å². The first-order valence-electron chi connectivity index (χ1n) is 5.52. The van der Waals surface area contributed by atoms with Crippen molar-refractivity contribution in [3.05, 3.63) is 60.2 Å². The van der Waals surface area contributed by atoms with E-state index in [-0.39, 0.29) is 5.75 Å². The first-order chi connectivity index (χ1) is 8.62. The van der Waals surface area contributed by atoms with Gasteiger partial charge in [0.1, 0.15) is 5.75 Å². The van der Waals surface area contributed by atoms with Crippen LogP contribution in [0.1, 0.15) is 5.56 Å². The van der Waals surface area contributed by atoms with Crippen LogP contribution in [0.5, 0.6) is 5.75 Å². The molecule has 0 unspecified atom stereocenters. The van der Waals surface area contributed by atoms with Gasteiger partial charge in [-0.2, -0.15) is 0 Å². The molecule has 0 aliphatic carbocycles. The third kappa shape index (κ3) is 2.90. The zero-order valence-corrected chi connectivity index (χ0v) is 10.9. The Bertz CT molecular complexity index is 601. The fraction of sp³-hybridized carbons (Fsp3) is 0.143. The Morgan fingerprint density at radius 3 is 2.11 bits per heavy atom.